The van der Waals surface area contributed by atoms with Crippen LogP contribution in [0.3, 0.4) is 0 Å². The molecule has 1 aromatic heterocycles. The van der Waals surface area contributed by atoms with Crippen molar-refractivity contribution in [1.29, 1.82) is 0 Å². The van der Waals surface area contributed by atoms with E-state index in [1.165, 1.54) is 0 Å². The van der Waals surface area contributed by atoms with Crippen molar-refractivity contribution in [3.05, 3.63) is 12.1 Å². The lowest BCUT2D eigenvalue weighted by Gasteiger charge is -2.38. The SMILES string of the molecule is COc1ccc(OC)c2sc(N3CC(C(=O)NC(C)C)C3)nc12. The number of thiazole rings is 1. The average molecular weight is 335 g/mol. The molecule has 1 aromatic carbocycles. The van der Waals surface area contributed by atoms with Crippen LogP contribution >= 0.6 is 11.3 Å². The standard InChI is InChI=1S/C16H21N3O3S/c1-9(2)17-15(20)10-7-19(8-10)16-18-13-11(21-3)5-6-12(22-4)14(13)23-16/h5-6,9-10H,7-8H2,1-4H3,(H,17,20). The van der Waals surface area contributed by atoms with Gasteiger partial charge in [-0.25, -0.2) is 4.98 Å². The summed E-state index contributed by atoms with van der Waals surface area (Å²) in [4.78, 5) is 18.8. The molecule has 0 spiro atoms. The minimum absolute atomic E-state index is 0.0354. The lowest BCUT2D eigenvalue weighted by atomic mass is 10.00. The largest absolute Gasteiger partial charge is 0.495 e. The van der Waals surface area contributed by atoms with Gasteiger partial charge in [0.2, 0.25) is 5.91 Å². The first-order valence-corrected chi connectivity index (χ1v) is 8.42. The van der Waals surface area contributed by atoms with Crippen molar-refractivity contribution in [3.63, 3.8) is 0 Å². The average Bonchev–Trinajstić information content (AvgIpc) is 2.88. The highest BCUT2D eigenvalue weighted by Crippen LogP contribution is 2.41. The number of ether oxygens (including phenoxy) is 2. The zero-order chi connectivity index (χ0) is 16.6. The molecule has 7 heteroatoms. The molecule has 1 amide bonds. The molecule has 1 saturated heterocycles. The molecule has 2 aromatic rings. The number of hydrogen-bond acceptors (Lipinski definition) is 6. The maximum atomic E-state index is 12.0. The van der Waals surface area contributed by atoms with Crippen LogP contribution in [-0.4, -0.2) is 44.2 Å². The molecule has 1 N–H and O–H groups in total. The van der Waals surface area contributed by atoms with Gasteiger partial charge in [-0.3, -0.25) is 4.79 Å². The fraction of sp³-hybridized carbons (Fsp3) is 0.500. The van der Waals surface area contributed by atoms with Crippen molar-refractivity contribution in [3.8, 4) is 11.5 Å². The van der Waals surface area contributed by atoms with E-state index < -0.39 is 0 Å². The minimum atomic E-state index is 0.0354. The molecule has 0 atom stereocenters. The molecule has 1 fully saturated rings. The summed E-state index contributed by atoms with van der Waals surface area (Å²) in [6, 6.07) is 3.92. The number of rotatable bonds is 5. The third-order valence-corrected chi connectivity index (χ3v) is 4.98. The Bertz CT molecular complexity index is 682. The topological polar surface area (TPSA) is 63.7 Å². The van der Waals surface area contributed by atoms with Gasteiger partial charge in [0.05, 0.1) is 20.1 Å². The van der Waals surface area contributed by atoms with Gasteiger partial charge in [-0.1, -0.05) is 11.3 Å². The number of methoxy groups -OCH3 is 2. The molecule has 1 aliphatic rings. The molecule has 3 rings (SSSR count). The van der Waals surface area contributed by atoms with Gasteiger partial charge in [0.15, 0.2) is 5.13 Å². The third-order valence-electron chi connectivity index (χ3n) is 3.85. The highest BCUT2D eigenvalue weighted by Gasteiger charge is 2.35. The first kappa shape index (κ1) is 15.9. The molecule has 0 unspecified atom stereocenters. The van der Waals surface area contributed by atoms with Crippen molar-refractivity contribution in [2.45, 2.75) is 19.9 Å². The van der Waals surface area contributed by atoms with E-state index in [0.29, 0.717) is 13.1 Å². The minimum Gasteiger partial charge on any atom is -0.495 e. The molecule has 0 aliphatic carbocycles. The van der Waals surface area contributed by atoms with Gasteiger partial charge in [-0.2, -0.15) is 0 Å². The Morgan fingerprint density at radius 3 is 2.57 bits per heavy atom. The quantitative estimate of drug-likeness (QED) is 0.908. The van der Waals surface area contributed by atoms with Gasteiger partial charge in [0.25, 0.3) is 0 Å². The molecular weight excluding hydrogens is 314 g/mol. The second kappa shape index (κ2) is 6.23. The lowest BCUT2D eigenvalue weighted by molar-refractivity contribution is -0.126. The Morgan fingerprint density at radius 2 is 1.96 bits per heavy atom. The molecule has 0 saturated carbocycles. The van der Waals surface area contributed by atoms with Crippen molar-refractivity contribution in [2.75, 3.05) is 32.2 Å². The van der Waals surface area contributed by atoms with Gasteiger partial charge in [0, 0.05) is 19.1 Å². The highest BCUT2D eigenvalue weighted by atomic mass is 32.1. The first-order chi connectivity index (χ1) is 11.0. The number of nitrogens with one attached hydrogen (secondary N) is 1. The second-order valence-corrected chi connectivity index (χ2v) is 6.89. The maximum absolute atomic E-state index is 12.0. The Kier molecular flexibility index (Phi) is 4.30. The maximum Gasteiger partial charge on any atom is 0.226 e. The zero-order valence-electron chi connectivity index (χ0n) is 13.8. The summed E-state index contributed by atoms with van der Waals surface area (Å²) in [5.41, 5.74) is 0.807. The van der Waals surface area contributed by atoms with E-state index in [1.54, 1.807) is 25.6 Å². The number of amides is 1. The third kappa shape index (κ3) is 2.93. The van der Waals surface area contributed by atoms with Crippen LogP contribution in [0.1, 0.15) is 13.8 Å². The van der Waals surface area contributed by atoms with Crippen molar-refractivity contribution >= 4 is 32.6 Å². The summed E-state index contributed by atoms with van der Waals surface area (Å²) in [5, 5.41) is 3.86. The highest BCUT2D eigenvalue weighted by molar-refractivity contribution is 7.22. The molecule has 0 radical (unpaired) electrons. The van der Waals surface area contributed by atoms with E-state index in [9.17, 15) is 4.79 Å². The van der Waals surface area contributed by atoms with Crippen LogP contribution < -0.4 is 19.7 Å². The molecular formula is C16H21N3O3S. The number of nitrogens with zero attached hydrogens (tertiary/aromatic N) is 2. The number of carbonyl (C=O) groups is 1. The zero-order valence-corrected chi connectivity index (χ0v) is 14.6. The van der Waals surface area contributed by atoms with Crippen LogP contribution in [0.15, 0.2) is 12.1 Å². The Labute approximate surface area is 139 Å². The Balaban J connectivity index is 1.79. The number of fused-ring (bicyclic) bond motifs is 1. The summed E-state index contributed by atoms with van der Waals surface area (Å²) in [6.45, 7) is 5.34. The molecule has 1 aliphatic heterocycles. The smallest absolute Gasteiger partial charge is 0.226 e. The number of hydrogen-bond donors (Lipinski definition) is 1. The van der Waals surface area contributed by atoms with Gasteiger partial charge in [0.1, 0.15) is 21.7 Å². The van der Waals surface area contributed by atoms with Gasteiger partial charge >= 0.3 is 0 Å². The van der Waals surface area contributed by atoms with Gasteiger partial charge in [-0.15, -0.1) is 0 Å². The molecule has 6 nitrogen and oxygen atoms in total. The predicted molar refractivity (Wildman–Crippen MR) is 91.7 cm³/mol. The lowest BCUT2D eigenvalue weighted by Crippen LogP contribution is -2.54. The van der Waals surface area contributed by atoms with Crippen LogP contribution in [0.2, 0.25) is 0 Å². The van der Waals surface area contributed by atoms with Crippen LogP contribution in [0.4, 0.5) is 5.13 Å². The fourth-order valence-electron chi connectivity index (χ4n) is 2.61. The normalized spacial score (nSPS) is 14.9. The molecule has 124 valence electrons. The summed E-state index contributed by atoms with van der Waals surface area (Å²) in [5.74, 6) is 1.68. The van der Waals surface area contributed by atoms with Gasteiger partial charge in [-0.05, 0) is 26.0 Å². The number of carbonyl (C=O) groups excluding carboxylic acids is 1. The molecule has 0 bridgehead atoms. The van der Waals surface area contributed by atoms with Crippen LogP contribution in [0.5, 0.6) is 11.5 Å². The van der Waals surface area contributed by atoms with E-state index in [-0.39, 0.29) is 17.9 Å². The van der Waals surface area contributed by atoms with Crippen LogP contribution in [0, 0.1) is 5.92 Å². The van der Waals surface area contributed by atoms with Crippen molar-refractivity contribution < 1.29 is 14.3 Å². The number of anilines is 1. The monoisotopic (exact) mass is 335 g/mol. The van der Waals surface area contributed by atoms with Gasteiger partial charge < -0.3 is 19.7 Å². The van der Waals surface area contributed by atoms with E-state index in [1.807, 2.05) is 26.0 Å². The summed E-state index contributed by atoms with van der Waals surface area (Å²) in [7, 11) is 3.28. The van der Waals surface area contributed by atoms with E-state index in [2.05, 4.69) is 15.2 Å². The predicted octanol–water partition coefficient (Wildman–Crippen LogP) is 2.27. The Morgan fingerprint density at radius 1 is 1.30 bits per heavy atom. The van der Waals surface area contributed by atoms with Crippen molar-refractivity contribution in [2.24, 2.45) is 5.92 Å². The second-order valence-electron chi connectivity index (χ2n) is 5.91. The first-order valence-electron chi connectivity index (χ1n) is 7.60. The van der Waals surface area contributed by atoms with Crippen molar-refractivity contribution in [1.82, 2.24) is 10.3 Å². The van der Waals surface area contributed by atoms with E-state index in [4.69, 9.17) is 9.47 Å². The summed E-state index contributed by atoms with van der Waals surface area (Å²) < 4.78 is 11.8. The molecule has 23 heavy (non-hydrogen) atoms. The van der Waals surface area contributed by atoms with E-state index >= 15 is 0 Å². The van der Waals surface area contributed by atoms with E-state index in [0.717, 1.165) is 26.8 Å². The summed E-state index contributed by atoms with van der Waals surface area (Å²) >= 11 is 1.57. The molecule has 2 heterocycles. The van der Waals surface area contributed by atoms with Crippen LogP contribution in [-0.2, 0) is 4.79 Å². The Hall–Kier alpha value is -2.02. The fourth-order valence-corrected chi connectivity index (χ4v) is 3.71. The van der Waals surface area contributed by atoms with Crippen LogP contribution in [0.25, 0.3) is 10.2 Å². The number of benzene rings is 1. The number of aromatic nitrogens is 1. The summed E-state index contributed by atoms with van der Waals surface area (Å²) in [6.07, 6.45) is 0.